The van der Waals surface area contributed by atoms with E-state index in [2.05, 4.69) is 46.4 Å². The normalized spacial score (nSPS) is 35.7. The fraction of sp³-hybridized carbons (Fsp3) is 0.700. The van der Waals surface area contributed by atoms with Crippen molar-refractivity contribution in [3.05, 3.63) is 35.5 Å². The average molecular weight is 288 g/mol. The van der Waals surface area contributed by atoms with Crippen LogP contribution in [0, 0.1) is 17.3 Å². The van der Waals surface area contributed by atoms with Crippen LogP contribution in [0.4, 0.5) is 0 Å². The van der Waals surface area contributed by atoms with Gasteiger partial charge in [0.1, 0.15) is 0 Å². The second-order valence-corrected chi connectivity index (χ2v) is 7.71. The Balaban J connectivity index is 2.01. The molecule has 0 aliphatic heterocycles. The fourth-order valence-electron chi connectivity index (χ4n) is 4.27. The highest BCUT2D eigenvalue weighted by Gasteiger charge is 2.47. The van der Waals surface area contributed by atoms with Crippen LogP contribution in [-0.2, 0) is 0 Å². The van der Waals surface area contributed by atoms with Gasteiger partial charge in [-0.1, -0.05) is 42.4 Å². The maximum absolute atomic E-state index is 10.4. The standard InChI is InChI=1S/C20H32O/c1-14(2)7-6-8-15(3)17-11-12-20(5)18(13-17)16(4)9-10-19(20)21/h7,9,17-19,21H,3,6,8,10-13H2,1-2,4-5H3/t17-,18+,19-,20-/m0/s1. The number of fused-ring (bicyclic) bond motifs is 1. The Bertz CT molecular complexity index is 452. The lowest BCUT2D eigenvalue weighted by Crippen LogP contribution is -2.46. The van der Waals surface area contributed by atoms with E-state index >= 15 is 0 Å². The second kappa shape index (κ2) is 6.52. The third kappa shape index (κ3) is 3.51. The molecule has 2 aliphatic rings. The second-order valence-electron chi connectivity index (χ2n) is 7.71. The van der Waals surface area contributed by atoms with Crippen LogP contribution in [0.25, 0.3) is 0 Å². The molecule has 0 aromatic heterocycles. The lowest BCUT2D eigenvalue weighted by Gasteiger charge is -2.50. The summed E-state index contributed by atoms with van der Waals surface area (Å²) in [7, 11) is 0. The van der Waals surface area contributed by atoms with E-state index in [9.17, 15) is 5.11 Å². The van der Waals surface area contributed by atoms with Gasteiger partial charge in [-0.3, -0.25) is 0 Å². The molecule has 2 aliphatic carbocycles. The van der Waals surface area contributed by atoms with Crippen LogP contribution in [0.5, 0.6) is 0 Å². The molecule has 1 heteroatoms. The van der Waals surface area contributed by atoms with Crippen LogP contribution < -0.4 is 0 Å². The predicted octanol–water partition coefficient (Wildman–Crippen LogP) is 5.42. The molecule has 118 valence electrons. The minimum Gasteiger partial charge on any atom is -0.392 e. The molecule has 1 N–H and O–H groups in total. The SMILES string of the molecule is C=C(CCC=C(C)C)[C@H]1CC[C@@]2(C)[C@H](C1)C(C)=CC[C@@H]2O. The lowest BCUT2D eigenvalue weighted by molar-refractivity contribution is -0.0359. The minimum absolute atomic E-state index is 0.0928. The summed E-state index contributed by atoms with van der Waals surface area (Å²) < 4.78 is 0. The zero-order valence-corrected chi connectivity index (χ0v) is 14.3. The van der Waals surface area contributed by atoms with Gasteiger partial charge in [-0.15, -0.1) is 0 Å². The van der Waals surface area contributed by atoms with Crippen LogP contribution in [0.3, 0.4) is 0 Å². The Morgan fingerprint density at radius 2 is 2.19 bits per heavy atom. The maximum atomic E-state index is 10.4. The van der Waals surface area contributed by atoms with Gasteiger partial charge in [0.25, 0.3) is 0 Å². The number of hydrogen-bond acceptors (Lipinski definition) is 1. The molecule has 0 aromatic rings. The van der Waals surface area contributed by atoms with Crippen LogP contribution in [0.1, 0.15) is 66.2 Å². The van der Waals surface area contributed by atoms with E-state index in [1.54, 1.807) is 0 Å². The molecule has 21 heavy (non-hydrogen) atoms. The molecular weight excluding hydrogens is 256 g/mol. The Morgan fingerprint density at radius 3 is 2.86 bits per heavy atom. The van der Waals surface area contributed by atoms with Crippen LogP contribution in [-0.4, -0.2) is 11.2 Å². The van der Waals surface area contributed by atoms with Crippen molar-refractivity contribution in [1.29, 1.82) is 0 Å². The van der Waals surface area contributed by atoms with Crippen LogP contribution in [0.2, 0.25) is 0 Å². The topological polar surface area (TPSA) is 20.2 Å². The zero-order valence-electron chi connectivity index (χ0n) is 14.3. The number of aliphatic hydroxyl groups excluding tert-OH is 1. The van der Waals surface area contributed by atoms with Gasteiger partial charge in [-0.25, -0.2) is 0 Å². The Morgan fingerprint density at radius 1 is 1.48 bits per heavy atom. The van der Waals surface area contributed by atoms with Crippen molar-refractivity contribution in [2.45, 2.75) is 72.3 Å². The van der Waals surface area contributed by atoms with Gasteiger partial charge in [-0.2, -0.15) is 0 Å². The van der Waals surface area contributed by atoms with Gasteiger partial charge in [0.15, 0.2) is 0 Å². The molecule has 0 spiro atoms. The van der Waals surface area contributed by atoms with E-state index in [1.807, 2.05) is 0 Å². The highest BCUT2D eigenvalue weighted by Crippen LogP contribution is 2.53. The first-order valence-corrected chi connectivity index (χ1v) is 8.50. The van der Waals surface area contributed by atoms with E-state index < -0.39 is 0 Å². The molecule has 1 saturated carbocycles. The Labute approximate surface area is 130 Å². The predicted molar refractivity (Wildman–Crippen MR) is 91.1 cm³/mol. The van der Waals surface area contributed by atoms with Crippen molar-refractivity contribution in [1.82, 2.24) is 0 Å². The molecule has 0 amide bonds. The summed E-state index contributed by atoms with van der Waals surface area (Å²) in [6.07, 6.45) is 11.0. The summed E-state index contributed by atoms with van der Waals surface area (Å²) >= 11 is 0. The van der Waals surface area contributed by atoms with E-state index in [-0.39, 0.29) is 11.5 Å². The van der Waals surface area contributed by atoms with Gasteiger partial charge in [0.2, 0.25) is 0 Å². The molecule has 0 heterocycles. The zero-order chi connectivity index (χ0) is 15.6. The van der Waals surface area contributed by atoms with Crippen molar-refractivity contribution in [2.24, 2.45) is 17.3 Å². The highest BCUT2D eigenvalue weighted by atomic mass is 16.3. The number of rotatable bonds is 4. The Hall–Kier alpha value is -0.820. The van der Waals surface area contributed by atoms with Crippen molar-refractivity contribution < 1.29 is 5.11 Å². The van der Waals surface area contributed by atoms with Gasteiger partial charge >= 0.3 is 0 Å². The third-order valence-corrected chi connectivity index (χ3v) is 5.92. The Kier molecular flexibility index (Phi) is 5.14. The quantitative estimate of drug-likeness (QED) is 0.685. The van der Waals surface area contributed by atoms with E-state index in [1.165, 1.54) is 29.6 Å². The molecule has 0 saturated heterocycles. The monoisotopic (exact) mass is 288 g/mol. The molecule has 4 atom stereocenters. The smallest absolute Gasteiger partial charge is 0.0633 e. The third-order valence-electron chi connectivity index (χ3n) is 5.92. The van der Waals surface area contributed by atoms with Crippen molar-refractivity contribution >= 4 is 0 Å². The van der Waals surface area contributed by atoms with Gasteiger partial charge in [0.05, 0.1) is 6.10 Å². The van der Waals surface area contributed by atoms with Crippen molar-refractivity contribution in [2.75, 3.05) is 0 Å². The van der Waals surface area contributed by atoms with E-state index in [4.69, 9.17) is 0 Å². The van der Waals surface area contributed by atoms with Gasteiger partial charge in [0, 0.05) is 5.41 Å². The van der Waals surface area contributed by atoms with Crippen LogP contribution >= 0.6 is 0 Å². The summed E-state index contributed by atoms with van der Waals surface area (Å²) in [5.74, 6) is 1.18. The molecule has 1 fully saturated rings. The molecule has 0 aromatic carbocycles. The van der Waals surface area contributed by atoms with Gasteiger partial charge < -0.3 is 5.11 Å². The van der Waals surface area contributed by atoms with Gasteiger partial charge in [-0.05, 0) is 71.1 Å². The van der Waals surface area contributed by atoms with E-state index in [0.29, 0.717) is 11.8 Å². The summed E-state index contributed by atoms with van der Waals surface area (Å²) in [4.78, 5) is 0. The molecule has 2 rings (SSSR count). The molecule has 0 radical (unpaired) electrons. The molecule has 0 unspecified atom stereocenters. The highest BCUT2D eigenvalue weighted by molar-refractivity contribution is 5.20. The largest absolute Gasteiger partial charge is 0.392 e. The molecule has 1 nitrogen and oxygen atoms in total. The number of allylic oxidation sites excluding steroid dienone is 4. The summed E-state index contributed by atoms with van der Waals surface area (Å²) in [5.41, 5.74) is 4.40. The average Bonchev–Trinajstić information content (AvgIpc) is 2.43. The summed E-state index contributed by atoms with van der Waals surface area (Å²) in [5, 5.41) is 10.4. The first-order valence-electron chi connectivity index (χ1n) is 8.50. The van der Waals surface area contributed by atoms with E-state index in [0.717, 1.165) is 25.7 Å². The fourth-order valence-corrected chi connectivity index (χ4v) is 4.27. The van der Waals surface area contributed by atoms with Crippen LogP contribution in [0.15, 0.2) is 35.5 Å². The number of aliphatic hydroxyl groups is 1. The first-order chi connectivity index (χ1) is 9.84. The summed E-state index contributed by atoms with van der Waals surface area (Å²) in [6.45, 7) is 13.2. The van der Waals surface area contributed by atoms with Crippen molar-refractivity contribution in [3.63, 3.8) is 0 Å². The number of hydrogen-bond donors (Lipinski definition) is 1. The minimum atomic E-state index is -0.161. The summed E-state index contributed by atoms with van der Waals surface area (Å²) in [6, 6.07) is 0. The first kappa shape index (κ1) is 16.5. The maximum Gasteiger partial charge on any atom is 0.0633 e. The molecule has 0 bridgehead atoms. The lowest BCUT2D eigenvalue weighted by atomic mass is 9.56. The van der Waals surface area contributed by atoms with Crippen molar-refractivity contribution in [3.8, 4) is 0 Å². The molecular formula is C20H32O.